The maximum Gasteiger partial charge on any atom is 0.343 e. The molecule has 1 heterocycles. The standard InChI is InChI=1S/C12H8O4/c13-10-6-7-15-8-11(10)16-12(14)9-4-2-1-3-5-9/h1-8H. The molecule has 4 nitrogen and oxygen atoms in total. The van der Waals surface area contributed by atoms with Gasteiger partial charge in [0, 0.05) is 6.07 Å². The molecule has 4 heteroatoms. The van der Waals surface area contributed by atoms with Crippen molar-refractivity contribution in [3.63, 3.8) is 0 Å². The summed E-state index contributed by atoms with van der Waals surface area (Å²) < 4.78 is 9.63. The molecule has 0 unspecified atom stereocenters. The van der Waals surface area contributed by atoms with Crippen molar-refractivity contribution >= 4 is 5.97 Å². The normalized spacial score (nSPS) is 9.75. The average Bonchev–Trinajstić information content (AvgIpc) is 2.33. The van der Waals surface area contributed by atoms with Crippen molar-refractivity contribution in [1.29, 1.82) is 0 Å². The van der Waals surface area contributed by atoms with Gasteiger partial charge in [-0.15, -0.1) is 0 Å². The van der Waals surface area contributed by atoms with Crippen LogP contribution in [0.3, 0.4) is 0 Å². The first-order chi connectivity index (χ1) is 7.77. The van der Waals surface area contributed by atoms with E-state index in [0.717, 1.165) is 6.26 Å². The molecule has 0 saturated carbocycles. The molecule has 0 aliphatic heterocycles. The first-order valence-electron chi connectivity index (χ1n) is 4.61. The van der Waals surface area contributed by atoms with Crippen LogP contribution in [0, 0.1) is 0 Å². The van der Waals surface area contributed by atoms with Crippen LogP contribution in [0.1, 0.15) is 10.4 Å². The average molecular weight is 216 g/mol. The van der Waals surface area contributed by atoms with Gasteiger partial charge in [-0.3, -0.25) is 4.79 Å². The van der Waals surface area contributed by atoms with Crippen LogP contribution in [0.2, 0.25) is 0 Å². The Hall–Kier alpha value is -2.36. The second kappa shape index (κ2) is 4.44. The zero-order valence-electron chi connectivity index (χ0n) is 8.25. The van der Waals surface area contributed by atoms with E-state index in [1.807, 2.05) is 0 Å². The summed E-state index contributed by atoms with van der Waals surface area (Å²) in [6.07, 6.45) is 2.32. The third kappa shape index (κ3) is 2.17. The molecule has 0 aliphatic rings. The summed E-state index contributed by atoms with van der Waals surface area (Å²) in [5.74, 6) is -0.699. The predicted molar refractivity (Wildman–Crippen MR) is 56.4 cm³/mol. The van der Waals surface area contributed by atoms with E-state index in [2.05, 4.69) is 0 Å². The summed E-state index contributed by atoms with van der Waals surface area (Å²) in [5.41, 5.74) is -0.0127. The third-order valence-corrected chi connectivity index (χ3v) is 1.93. The summed E-state index contributed by atoms with van der Waals surface area (Å²) in [7, 11) is 0. The second-order valence-electron chi connectivity index (χ2n) is 3.04. The molecule has 0 aliphatic carbocycles. The van der Waals surface area contributed by atoms with Crippen LogP contribution in [0.5, 0.6) is 5.75 Å². The smallest absolute Gasteiger partial charge is 0.343 e. The fourth-order valence-corrected chi connectivity index (χ4v) is 1.15. The zero-order valence-corrected chi connectivity index (χ0v) is 8.25. The van der Waals surface area contributed by atoms with Gasteiger partial charge in [0.1, 0.15) is 6.26 Å². The molecule has 1 aromatic carbocycles. The molecule has 0 spiro atoms. The minimum absolute atomic E-state index is 0.114. The molecule has 0 N–H and O–H groups in total. The van der Waals surface area contributed by atoms with Gasteiger partial charge in [-0.2, -0.15) is 0 Å². The van der Waals surface area contributed by atoms with Gasteiger partial charge >= 0.3 is 5.97 Å². The van der Waals surface area contributed by atoms with Gasteiger partial charge in [-0.1, -0.05) is 18.2 Å². The summed E-state index contributed by atoms with van der Waals surface area (Å²) >= 11 is 0. The molecule has 2 aromatic rings. The maximum absolute atomic E-state index is 11.6. The van der Waals surface area contributed by atoms with Gasteiger partial charge in [0.25, 0.3) is 0 Å². The Bertz CT molecular complexity index is 542. The highest BCUT2D eigenvalue weighted by molar-refractivity contribution is 5.90. The SMILES string of the molecule is O=C(Oc1coccc1=O)c1ccccc1. The Morgan fingerprint density at radius 3 is 2.56 bits per heavy atom. The monoisotopic (exact) mass is 216 g/mol. The van der Waals surface area contributed by atoms with Crippen LogP contribution in [0.4, 0.5) is 0 Å². The Morgan fingerprint density at radius 1 is 1.12 bits per heavy atom. The lowest BCUT2D eigenvalue weighted by Gasteiger charge is -2.01. The quantitative estimate of drug-likeness (QED) is 0.719. The molecular formula is C12H8O4. The zero-order chi connectivity index (χ0) is 11.4. The van der Waals surface area contributed by atoms with E-state index in [0.29, 0.717) is 5.56 Å². The van der Waals surface area contributed by atoms with Crippen molar-refractivity contribution in [2.45, 2.75) is 0 Å². The van der Waals surface area contributed by atoms with Crippen LogP contribution in [-0.2, 0) is 0 Å². The van der Waals surface area contributed by atoms with Crippen molar-refractivity contribution in [3.05, 3.63) is 64.7 Å². The summed E-state index contributed by atoms with van der Waals surface area (Å²) in [6, 6.07) is 9.61. The highest BCUT2D eigenvalue weighted by atomic mass is 16.5. The number of carbonyl (C=O) groups excluding carboxylic acids is 1. The van der Waals surface area contributed by atoms with Crippen molar-refractivity contribution < 1.29 is 13.9 Å². The van der Waals surface area contributed by atoms with Crippen LogP contribution in [0.15, 0.2) is 58.1 Å². The van der Waals surface area contributed by atoms with E-state index in [1.54, 1.807) is 30.3 Å². The lowest BCUT2D eigenvalue weighted by molar-refractivity contribution is 0.0729. The van der Waals surface area contributed by atoms with Crippen molar-refractivity contribution in [2.75, 3.05) is 0 Å². The van der Waals surface area contributed by atoms with Crippen LogP contribution in [-0.4, -0.2) is 5.97 Å². The van der Waals surface area contributed by atoms with Gasteiger partial charge in [-0.05, 0) is 12.1 Å². The minimum Gasteiger partial charge on any atom is -0.468 e. The van der Waals surface area contributed by atoms with Gasteiger partial charge < -0.3 is 9.15 Å². The van der Waals surface area contributed by atoms with Crippen LogP contribution >= 0.6 is 0 Å². The number of carbonyl (C=O) groups is 1. The van der Waals surface area contributed by atoms with Crippen LogP contribution in [0.25, 0.3) is 0 Å². The van der Waals surface area contributed by atoms with E-state index in [-0.39, 0.29) is 5.75 Å². The Labute approximate surface area is 91.1 Å². The molecule has 0 fully saturated rings. The van der Waals surface area contributed by atoms with Crippen LogP contribution < -0.4 is 10.2 Å². The highest BCUT2D eigenvalue weighted by Crippen LogP contribution is 2.06. The molecule has 0 atom stereocenters. The number of rotatable bonds is 2. The Kier molecular flexibility index (Phi) is 2.82. The third-order valence-electron chi connectivity index (χ3n) is 1.93. The first kappa shape index (κ1) is 10.2. The molecule has 0 saturated heterocycles. The second-order valence-corrected chi connectivity index (χ2v) is 3.04. The van der Waals surface area contributed by atoms with E-state index < -0.39 is 11.4 Å². The molecule has 0 bridgehead atoms. The minimum atomic E-state index is -0.584. The topological polar surface area (TPSA) is 56.5 Å². The van der Waals surface area contributed by atoms with Gasteiger partial charge in [0.05, 0.1) is 11.8 Å². The summed E-state index contributed by atoms with van der Waals surface area (Å²) in [5, 5.41) is 0. The van der Waals surface area contributed by atoms with Crippen molar-refractivity contribution in [3.8, 4) is 5.75 Å². The number of esters is 1. The maximum atomic E-state index is 11.6. The van der Waals surface area contributed by atoms with E-state index in [1.165, 1.54) is 12.3 Å². The number of hydrogen-bond acceptors (Lipinski definition) is 4. The number of ether oxygens (including phenoxy) is 1. The van der Waals surface area contributed by atoms with E-state index in [4.69, 9.17) is 9.15 Å². The highest BCUT2D eigenvalue weighted by Gasteiger charge is 2.09. The lowest BCUT2D eigenvalue weighted by Crippen LogP contribution is -2.13. The number of hydrogen-bond donors (Lipinski definition) is 0. The number of benzene rings is 1. The molecule has 80 valence electrons. The Morgan fingerprint density at radius 2 is 1.88 bits per heavy atom. The van der Waals surface area contributed by atoms with E-state index >= 15 is 0 Å². The first-order valence-corrected chi connectivity index (χ1v) is 4.61. The fraction of sp³-hybridized carbons (Fsp3) is 0. The van der Waals surface area contributed by atoms with Crippen molar-refractivity contribution in [1.82, 2.24) is 0 Å². The summed E-state index contributed by atoms with van der Waals surface area (Å²) in [4.78, 5) is 22.8. The van der Waals surface area contributed by atoms with Gasteiger partial charge in [0.2, 0.25) is 11.2 Å². The largest absolute Gasteiger partial charge is 0.468 e. The predicted octanol–water partition coefficient (Wildman–Crippen LogP) is 1.86. The van der Waals surface area contributed by atoms with Gasteiger partial charge in [0.15, 0.2) is 0 Å². The van der Waals surface area contributed by atoms with Crippen molar-refractivity contribution in [2.24, 2.45) is 0 Å². The molecule has 1 aromatic heterocycles. The molecular weight excluding hydrogens is 208 g/mol. The summed E-state index contributed by atoms with van der Waals surface area (Å²) in [6.45, 7) is 0. The lowest BCUT2D eigenvalue weighted by atomic mass is 10.2. The van der Waals surface area contributed by atoms with E-state index in [9.17, 15) is 9.59 Å². The molecule has 0 amide bonds. The molecule has 0 radical (unpaired) electrons. The van der Waals surface area contributed by atoms with Gasteiger partial charge in [-0.25, -0.2) is 4.79 Å². The Balaban J connectivity index is 2.21. The fourth-order valence-electron chi connectivity index (χ4n) is 1.15. The molecule has 16 heavy (non-hydrogen) atoms. The molecule has 2 rings (SSSR count).